The van der Waals surface area contributed by atoms with Gasteiger partial charge in [0.1, 0.15) is 18.8 Å². The van der Waals surface area contributed by atoms with E-state index in [9.17, 15) is 4.79 Å². The SMILES string of the molecule is COc1ccccc1N1CCN([N+]2(C=O)CCc3sc(OCCCN4CCCCC4)cc3C2)CC1. The molecule has 5 rings (SSSR count). The van der Waals surface area contributed by atoms with Crippen molar-refractivity contribution in [1.29, 1.82) is 0 Å². The Morgan fingerprint density at radius 2 is 1.86 bits per heavy atom. The van der Waals surface area contributed by atoms with Crippen molar-refractivity contribution in [1.82, 2.24) is 9.91 Å². The van der Waals surface area contributed by atoms with Gasteiger partial charge in [-0.1, -0.05) is 18.6 Å². The van der Waals surface area contributed by atoms with Gasteiger partial charge >= 0.3 is 6.41 Å². The summed E-state index contributed by atoms with van der Waals surface area (Å²) in [6.07, 6.45) is 7.23. The Hall–Kier alpha value is -2.13. The number of ether oxygens (including phenoxy) is 2. The van der Waals surface area contributed by atoms with Crippen LogP contribution < -0.4 is 14.4 Å². The van der Waals surface area contributed by atoms with Gasteiger partial charge in [0, 0.05) is 42.6 Å². The molecule has 1 atom stereocenters. The highest BCUT2D eigenvalue weighted by atomic mass is 32.1. The molecule has 3 aliphatic heterocycles. The zero-order valence-electron chi connectivity index (χ0n) is 21.0. The number of fused-ring (bicyclic) bond motifs is 1. The lowest BCUT2D eigenvalue weighted by molar-refractivity contribution is -0.975. The second-order valence-corrected chi connectivity index (χ2v) is 11.1. The number of para-hydroxylation sites is 2. The number of amides is 1. The topological polar surface area (TPSA) is 45.3 Å². The molecule has 190 valence electrons. The first-order valence-electron chi connectivity index (χ1n) is 13.1. The molecule has 0 spiro atoms. The van der Waals surface area contributed by atoms with Crippen LogP contribution in [0.4, 0.5) is 5.69 Å². The van der Waals surface area contributed by atoms with E-state index in [0.29, 0.717) is 4.59 Å². The number of anilines is 1. The molecule has 35 heavy (non-hydrogen) atoms. The summed E-state index contributed by atoms with van der Waals surface area (Å²) in [6, 6.07) is 10.4. The van der Waals surface area contributed by atoms with Gasteiger partial charge in [0.25, 0.3) is 0 Å². The number of carbonyl (C=O) groups is 1. The van der Waals surface area contributed by atoms with Crippen molar-refractivity contribution in [2.24, 2.45) is 0 Å². The van der Waals surface area contributed by atoms with Crippen LogP contribution in [0.5, 0.6) is 10.8 Å². The van der Waals surface area contributed by atoms with Crippen LogP contribution >= 0.6 is 11.3 Å². The van der Waals surface area contributed by atoms with Crippen molar-refractivity contribution in [3.8, 4) is 10.8 Å². The Morgan fingerprint density at radius 3 is 2.63 bits per heavy atom. The van der Waals surface area contributed by atoms with Crippen LogP contribution in [-0.4, -0.2) is 87.0 Å². The van der Waals surface area contributed by atoms with E-state index in [0.717, 1.165) is 81.8 Å². The molecule has 1 aromatic carbocycles. The molecule has 2 fully saturated rings. The first-order valence-corrected chi connectivity index (χ1v) is 14.0. The fourth-order valence-corrected chi connectivity index (χ4v) is 6.83. The van der Waals surface area contributed by atoms with E-state index < -0.39 is 0 Å². The van der Waals surface area contributed by atoms with E-state index in [4.69, 9.17) is 9.47 Å². The molecule has 1 amide bonds. The fourth-order valence-electron chi connectivity index (χ4n) is 5.79. The zero-order chi connectivity index (χ0) is 24.1. The number of piperidine rings is 1. The molecule has 2 saturated heterocycles. The smallest absolute Gasteiger partial charge is 0.321 e. The number of hydrogen-bond donors (Lipinski definition) is 0. The minimum absolute atomic E-state index is 0.401. The molecular formula is C27H39N4O3S+. The molecule has 2 aromatic rings. The van der Waals surface area contributed by atoms with E-state index >= 15 is 0 Å². The molecule has 3 aliphatic rings. The molecule has 0 saturated carbocycles. The number of thiophene rings is 1. The lowest BCUT2D eigenvalue weighted by Crippen LogP contribution is -2.65. The van der Waals surface area contributed by atoms with Gasteiger partial charge in [0.15, 0.2) is 5.06 Å². The summed E-state index contributed by atoms with van der Waals surface area (Å²) >= 11 is 1.78. The molecule has 0 aliphatic carbocycles. The third-order valence-electron chi connectivity index (χ3n) is 7.80. The summed E-state index contributed by atoms with van der Waals surface area (Å²) in [4.78, 5) is 18.8. The quantitative estimate of drug-likeness (QED) is 0.297. The number of benzene rings is 1. The normalized spacial score (nSPS) is 23.6. The molecule has 1 unspecified atom stereocenters. The highest BCUT2D eigenvalue weighted by molar-refractivity contribution is 7.14. The Kier molecular flexibility index (Phi) is 7.92. The van der Waals surface area contributed by atoms with Gasteiger partial charge in [0.2, 0.25) is 0 Å². The number of methoxy groups -OCH3 is 1. The number of carbonyl (C=O) groups excluding carboxylic acids is 1. The van der Waals surface area contributed by atoms with Gasteiger partial charge in [-0.25, -0.2) is 4.79 Å². The van der Waals surface area contributed by atoms with Crippen LogP contribution in [-0.2, 0) is 17.8 Å². The average Bonchev–Trinajstić information content (AvgIpc) is 3.33. The highest BCUT2D eigenvalue weighted by Crippen LogP contribution is 2.37. The zero-order valence-corrected chi connectivity index (χ0v) is 21.8. The second kappa shape index (κ2) is 11.3. The van der Waals surface area contributed by atoms with E-state index in [1.807, 2.05) is 12.1 Å². The molecular weight excluding hydrogens is 460 g/mol. The van der Waals surface area contributed by atoms with Crippen LogP contribution in [0.2, 0.25) is 0 Å². The lowest BCUT2D eigenvalue weighted by atomic mass is 10.1. The van der Waals surface area contributed by atoms with Gasteiger partial charge in [-0.05, 0) is 44.5 Å². The fraction of sp³-hybridized carbons (Fsp3) is 0.593. The Balaban J connectivity index is 1.16. The lowest BCUT2D eigenvalue weighted by Gasteiger charge is -2.46. The summed E-state index contributed by atoms with van der Waals surface area (Å²) in [5.41, 5.74) is 2.42. The third-order valence-corrected chi connectivity index (χ3v) is 8.95. The Morgan fingerprint density at radius 1 is 1.06 bits per heavy atom. The first-order chi connectivity index (χ1) is 17.2. The van der Waals surface area contributed by atoms with Gasteiger partial charge in [-0.2, -0.15) is 4.59 Å². The summed E-state index contributed by atoms with van der Waals surface area (Å²) in [5, 5.41) is 3.37. The Labute approximate surface area is 213 Å². The largest absolute Gasteiger partial charge is 0.495 e. The molecule has 1 aromatic heterocycles. The van der Waals surface area contributed by atoms with Crippen LogP contribution in [0.1, 0.15) is 36.1 Å². The summed E-state index contributed by atoms with van der Waals surface area (Å²) in [6.45, 7) is 9.45. The van der Waals surface area contributed by atoms with Crippen molar-refractivity contribution < 1.29 is 18.9 Å². The number of rotatable bonds is 9. The van der Waals surface area contributed by atoms with Crippen molar-refractivity contribution in [2.45, 2.75) is 38.6 Å². The average molecular weight is 500 g/mol. The van der Waals surface area contributed by atoms with Crippen molar-refractivity contribution in [3.05, 3.63) is 40.8 Å². The van der Waals surface area contributed by atoms with E-state index in [-0.39, 0.29) is 0 Å². The summed E-state index contributed by atoms with van der Waals surface area (Å²) in [5.74, 6) is 0.907. The summed E-state index contributed by atoms with van der Waals surface area (Å²) in [7, 11) is 1.72. The molecule has 8 heteroatoms. The van der Waals surface area contributed by atoms with Crippen LogP contribution in [0.3, 0.4) is 0 Å². The minimum Gasteiger partial charge on any atom is -0.495 e. The second-order valence-electron chi connectivity index (χ2n) is 9.95. The van der Waals surface area contributed by atoms with E-state index in [1.165, 1.54) is 49.2 Å². The number of hydrogen-bond acceptors (Lipinski definition) is 7. The maximum Gasteiger partial charge on any atom is 0.321 e. The number of nitrogens with zero attached hydrogens (tertiary/aromatic N) is 4. The monoisotopic (exact) mass is 499 g/mol. The highest BCUT2D eigenvalue weighted by Gasteiger charge is 2.42. The van der Waals surface area contributed by atoms with Crippen molar-refractivity contribution >= 4 is 23.4 Å². The number of quaternary nitrogens is 1. The predicted molar refractivity (Wildman–Crippen MR) is 140 cm³/mol. The standard InChI is InChI=1S/C27H39N4O3S/c1-33-25-9-4-3-8-24(25)29-14-16-30(17-15-29)31(22-32)18-10-26-23(21-31)20-27(35-26)34-19-7-13-28-11-5-2-6-12-28/h3-4,8-9,20,22H,2,5-7,10-19,21H2,1H3/q+1. The van der Waals surface area contributed by atoms with Gasteiger partial charge in [-0.3, -0.25) is 0 Å². The van der Waals surface area contributed by atoms with Gasteiger partial charge in [-0.15, -0.1) is 16.3 Å². The minimum atomic E-state index is 0.401. The third kappa shape index (κ3) is 5.50. The van der Waals surface area contributed by atoms with Crippen molar-refractivity contribution in [2.75, 3.05) is 71.0 Å². The molecule has 4 heterocycles. The van der Waals surface area contributed by atoms with Crippen LogP contribution in [0.15, 0.2) is 30.3 Å². The molecule has 0 N–H and O–H groups in total. The van der Waals surface area contributed by atoms with E-state index in [1.54, 1.807) is 18.4 Å². The van der Waals surface area contributed by atoms with Crippen LogP contribution in [0, 0.1) is 0 Å². The van der Waals surface area contributed by atoms with Crippen LogP contribution in [0.25, 0.3) is 0 Å². The van der Waals surface area contributed by atoms with Crippen molar-refractivity contribution in [3.63, 3.8) is 0 Å². The predicted octanol–water partition coefficient (Wildman–Crippen LogP) is 3.78. The van der Waals surface area contributed by atoms with E-state index in [2.05, 4.69) is 33.0 Å². The maximum absolute atomic E-state index is 12.5. The molecule has 0 bridgehead atoms. The maximum atomic E-state index is 12.5. The molecule has 7 nitrogen and oxygen atoms in total. The Bertz CT molecular complexity index is 985. The molecule has 0 radical (unpaired) electrons. The number of piperazine rings is 1. The van der Waals surface area contributed by atoms with Gasteiger partial charge in [0.05, 0.1) is 32.5 Å². The number of likely N-dealkylation sites (tertiary alicyclic amines) is 1. The summed E-state index contributed by atoms with van der Waals surface area (Å²) < 4.78 is 12.1. The first kappa shape index (κ1) is 24.6. The van der Waals surface area contributed by atoms with Gasteiger partial charge < -0.3 is 19.3 Å².